The van der Waals surface area contributed by atoms with E-state index >= 15 is 0 Å². The van der Waals surface area contributed by atoms with Crippen molar-refractivity contribution in [3.63, 3.8) is 0 Å². The van der Waals surface area contributed by atoms with Gasteiger partial charge in [-0.2, -0.15) is 13.2 Å². The van der Waals surface area contributed by atoms with Crippen LogP contribution < -0.4 is 9.47 Å². The van der Waals surface area contributed by atoms with Crippen LogP contribution in [0.15, 0.2) is 36.4 Å². The molecule has 0 fully saturated rings. The summed E-state index contributed by atoms with van der Waals surface area (Å²) < 4.78 is 51.4. The monoisotopic (exact) mass is 526 g/mol. The predicted octanol–water partition coefficient (Wildman–Crippen LogP) is 9.33. The van der Waals surface area contributed by atoms with Gasteiger partial charge in [-0.3, -0.25) is 4.79 Å². The number of carbonyl (C=O) groups excluding carboxylic acids is 1. The van der Waals surface area contributed by atoms with Crippen molar-refractivity contribution in [2.75, 3.05) is 6.61 Å². The highest BCUT2D eigenvalue weighted by molar-refractivity contribution is 7.19. The predicted molar refractivity (Wildman–Crippen MR) is 136 cm³/mol. The molecule has 3 rings (SSSR count). The quantitative estimate of drug-likeness (QED) is 0.184. The molecule has 1 unspecified atom stereocenters. The lowest BCUT2D eigenvalue weighted by atomic mass is 9.94. The molecular weight excluding hydrogens is 497 g/mol. The summed E-state index contributed by atoms with van der Waals surface area (Å²) in [6.45, 7) is 6.41. The maximum absolute atomic E-state index is 13.2. The molecule has 190 valence electrons. The molecule has 0 saturated heterocycles. The van der Waals surface area contributed by atoms with Crippen molar-refractivity contribution in [3.8, 4) is 11.5 Å². The van der Waals surface area contributed by atoms with Crippen LogP contribution in [0.25, 0.3) is 10.1 Å². The summed E-state index contributed by atoms with van der Waals surface area (Å²) in [5, 5.41) is 1.23. The Hall–Kier alpha value is -2.25. The highest BCUT2D eigenvalue weighted by Gasteiger charge is 2.31. The number of unbranched alkanes of at least 4 members (excludes halogenated alkanes) is 1. The smallest absolute Gasteiger partial charge is 0.416 e. The molecule has 35 heavy (non-hydrogen) atoms. The first-order chi connectivity index (χ1) is 16.6. The Morgan fingerprint density at radius 1 is 1.09 bits per heavy atom. The van der Waals surface area contributed by atoms with Gasteiger partial charge < -0.3 is 9.47 Å². The van der Waals surface area contributed by atoms with E-state index in [1.807, 2.05) is 13.8 Å². The summed E-state index contributed by atoms with van der Waals surface area (Å²) in [7, 11) is 0. The topological polar surface area (TPSA) is 35.5 Å². The van der Waals surface area contributed by atoms with E-state index in [9.17, 15) is 18.0 Å². The van der Waals surface area contributed by atoms with Gasteiger partial charge in [0.15, 0.2) is 0 Å². The first-order valence-electron chi connectivity index (χ1n) is 11.9. The molecule has 0 aliphatic heterocycles. The minimum atomic E-state index is -4.36. The van der Waals surface area contributed by atoms with Crippen LogP contribution in [0.1, 0.15) is 74.3 Å². The molecule has 3 nitrogen and oxygen atoms in total. The van der Waals surface area contributed by atoms with E-state index in [4.69, 9.17) is 21.1 Å². The van der Waals surface area contributed by atoms with E-state index in [2.05, 4.69) is 6.92 Å². The number of fused-ring (bicyclic) bond motifs is 1. The van der Waals surface area contributed by atoms with E-state index < -0.39 is 11.7 Å². The third kappa shape index (κ3) is 7.14. The number of hydrogen-bond donors (Lipinski definition) is 0. The third-order valence-corrected chi connectivity index (χ3v) is 7.60. The number of ether oxygens (including phenoxy) is 2. The minimum absolute atomic E-state index is 0.176. The van der Waals surface area contributed by atoms with Gasteiger partial charge in [-0.05, 0) is 67.3 Å². The molecule has 0 aliphatic rings. The second-order valence-corrected chi connectivity index (χ2v) is 10.1. The average Bonchev–Trinajstić information content (AvgIpc) is 3.12. The van der Waals surface area contributed by atoms with E-state index in [1.54, 1.807) is 24.3 Å². The number of rotatable bonds is 11. The van der Waals surface area contributed by atoms with Gasteiger partial charge in [0.1, 0.15) is 11.5 Å². The van der Waals surface area contributed by atoms with Gasteiger partial charge in [-0.15, -0.1) is 11.3 Å². The number of hydrogen-bond acceptors (Lipinski definition) is 4. The molecule has 2 aromatic carbocycles. The van der Waals surface area contributed by atoms with Crippen molar-refractivity contribution < 1.29 is 27.4 Å². The van der Waals surface area contributed by atoms with Crippen molar-refractivity contribution in [1.82, 2.24) is 0 Å². The average molecular weight is 527 g/mol. The summed E-state index contributed by atoms with van der Waals surface area (Å²) in [5.41, 5.74) is 0.417. The number of carbonyl (C=O) groups is 1. The normalized spacial score (nSPS) is 12.7. The Balaban J connectivity index is 1.72. The second-order valence-electron chi connectivity index (χ2n) is 8.59. The first-order valence-corrected chi connectivity index (χ1v) is 13.1. The standard InChI is InChI=1S/C27H30ClF3O3S/c1-4-6-8-18(26-17(3)21-11-9-19(27(29,30)31)15-24(21)35-26)13-14-33-23-12-10-20(16-22(23)28)34-25(32)7-5-2/h9-12,15-16,18H,4-8,13-14H2,1-3H3. The molecule has 3 aromatic rings. The largest absolute Gasteiger partial charge is 0.492 e. The first kappa shape index (κ1) is 27.3. The lowest BCUT2D eigenvalue weighted by Gasteiger charge is -2.17. The third-order valence-electron chi connectivity index (χ3n) is 5.89. The Kier molecular flexibility index (Phi) is 9.47. The number of halogens is 4. The van der Waals surface area contributed by atoms with Gasteiger partial charge in [0.05, 0.1) is 17.2 Å². The minimum Gasteiger partial charge on any atom is -0.492 e. The molecule has 0 N–H and O–H groups in total. The van der Waals surface area contributed by atoms with Gasteiger partial charge in [-0.1, -0.05) is 44.4 Å². The molecule has 1 aromatic heterocycles. The van der Waals surface area contributed by atoms with Crippen LogP contribution in [0.2, 0.25) is 5.02 Å². The van der Waals surface area contributed by atoms with E-state index in [-0.39, 0.29) is 11.9 Å². The molecule has 0 saturated carbocycles. The fourth-order valence-electron chi connectivity index (χ4n) is 4.03. The molecule has 0 radical (unpaired) electrons. The fourth-order valence-corrected chi connectivity index (χ4v) is 5.67. The summed E-state index contributed by atoms with van der Waals surface area (Å²) in [5.74, 6) is 0.742. The molecule has 0 spiro atoms. The Morgan fingerprint density at radius 2 is 1.86 bits per heavy atom. The molecule has 0 aliphatic carbocycles. The molecular formula is C27H30ClF3O3S. The second kappa shape index (κ2) is 12.1. The van der Waals surface area contributed by atoms with Crippen LogP contribution in [0.4, 0.5) is 13.2 Å². The van der Waals surface area contributed by atoms with Gasteiger partial charge >= 0.3 is 12.1 Å². The fraction of sp³-hybridized carbons (Fsp3) is 0.444. The zero-order valence-electron chi connectivity index (χ0n) is 20.1. The van der Waals surface area contributed by atoms with Crippen molar-refractivity contribution in [1.29, 1.82) is 0 Å². The number of thiophene rings is 1. The van der Waals surface area contributed by atoms with Crippen LogP contribution in [0.3, 0.4) is 0 Å². The number of aryl methyl sites for hydroxylation is 1. The van der Waals surface area contributed by atoms with Gasteiger partial charge in [-0.25, -0.2) is 0 Å². The molecule has 0 amide bonds. The van der Waals surface area contributed by atoms with E-state index in [0.717, 1.165) is 41.2 Å². The van der Waals surface area contributed by atoms with E-state index in [0.29, 0.717) is 47.1 Å². The molecule has 1 atom stereocenters. The van der Waals surface area contributed by atoms with Crippen molar-refractivity contribution >= 4 is 39.0 Å². The van der Waals surface area contributed by atoms with Crippen molar-refractivity contribution in [2.24, 2.45) is 0 Å². The zero-order valence-corrected chi connectivity index (χ0v) is 21.7. The molecule has 0 bridgehead atoms. The lowest BCUT2D eigenvalue weighted by molar-refractivity contribution is -0.137. The Bertz CT molecular complexity index is 1160. The molecule has 8 heteroatoms. The number of benzene rings is 2. The highest BCUT2D eigenvalue weighted by Crippen LogP contribution is 2.42. The van der Waals surface area contributed by atoms with Crippen LogP contribution in [0, 0.1) is 6.92 Å². The van der Waals surface area contributed by atoms with E-state index in [1.165, 1.54) is 17.4 Å². The number of esters is 1. The van der Waals surface area contributed by atoms with Crippen LogP contribution in [0.5, 0.6) is 11.5 Å². The summed E-state index contributed by atoms with van der Waals surface area (Å²) in [6.07, 6.45) is 0.377. The zero-order chi connectivity index (χ0) is 25.6. The van der Waals surface area contributed by atoms with Gasteiger partial charge in [0, 0.05) is 22.1 Å². The van der Waals surface area contributed by atoms with Crippen LogP contribution >= 0.6 is 22.9 Å². The SMILES string of the molecule is CCCCC(CCOc1ccc(OC(=O)CCC)cc1Cl)c1sc2cc(C(F)(F)F)ccc2c1C. The summed E-state index contributed by atoms with van der Waals surface area (Å²) in [4.78, 5) is 12.8. The van der Waals surface area contributed by atoms with Gasteiger partial charge in [0.2, 0.25) is 0 Å². The van der Waals surface area contributed by atoms with Gasteiger partial charge in [0.25, 0.3) is 0 Å². The Morgan fingerprint density at radius 3 is 2.51 bits per heavy atom. The lowest BCUT2D eigenvalue weighted by Crippen LogP contribution is -2.08. The van der Waals surface area contributed by atoms with Crippen LogP contribution in [-0.2, 0) is 11.0 Å². The highest BCUT2D eigenvalue weighted by atomic mass is 35.5. The molecule has 1 heterocycles. The maximum Gasteiger partial charge on any atom is 0.416 e. The maximum atomic E-state index is 13.2. The summed E-state index contributed by atoms with van der Waals surface area (Å²) >= 11 is 7.77. The van der Waals surface area contributed by atoms with Crippen molar-refractivity contribution in [2.45, 2.75) is 71.4 Å². The Labute approximate surface area is 213 Å². The summed E-state index contributed by atoms with van der Waals surface area (Å²) in [6, 6.07) is 8.88. The van der Waals surface area contributed by atoms with Crippen LogP contribution in [-0.4, -0.2) is 12.6 Å². The van der Waals surface area contributed by atoms with Crippen molar-refractivity contribution in [3.05, 3.63) is 57.4 Å². The number of alkyl halides is 3.